The number of phenols is 4. The Kier molecular flexibility index (Phi) is 5.82. The number of aromatic hydroxyl groups is 4. The molecule has 0 saturated carbocycles. The number of phenolic OH excluding ortho intramolecular Hbond substituents is 4. The van der Waals surface area contributed by atoms with E-state index in [1.165, 1.54) is 0 Å². The fourth-order valence-electron chi connectivity index (χ4n) is 2.12. The predicted molar refractivity (Wildman–Crippen MR) is 94.2 cm³/mol. The van der Waals surface area contributed by atoms with E-state index in [1.54, 1.807) is 0 Å². The highest BCUT2D eigenvalue weighted by Crippen LogP contribution is 2.36. The van der Waals surface area contributed by atoms with Gasteiger partial charge in [-0.25, -0.2) is 0 Å². The minimum absolute atomic E-state index is 0.0331. The van der Waals surface area contributed by atoms with Crippen molar-refractivity contribution in [2.24, 2.45) is 0 Å². The van der Waals surface area contributed by atoms with E-state index >= 15 is 0 Å². The SMILES string of the molecule is O=S(=O)(O)c1cc(O)c(CSCc2cc(O)c(S(=O)(=O)O)cc2O)cc1O. The van der Waals surface area contributed by atoms with E-state index in [0.29, 0.717) is 12.1 Å². The van der Waals surface area contributed by atoms with Crippen LogP contribution in [0.5, 0.6) is 23.0 Å². The van der Waals surface area contributed by atoms with Crippen LogP contribution in [0.15, 0.2) is 34.1 Å². The summed E-state index contributed by atoms with van der Waals surface area (Å²) in [5.74, 6) is -2.45. The second kappa shape index (κ2) is 7.44. The van der Waals surface area contributed by atoms with Crippen molar-refractivity contribution >= 4 is 32.0 Å². The van der Waals surface area contributed by atoms with E-state index < -0.39 is 53.0 Å². The van der Waals surface area contributed by atoms with Gasteiger partial charge in [0, 0.05) is 34.8 Å². The van der Waals surface area contributed by atoms with Crippen LogP contribution in [-0.2, 0) is 31.7 Å². The van der Waals surface area contributed by atoms with Crippen LogP contribution in [0.2, 0.25) is 0 Å². The van der Waals surface area contributed by atoms with Gasteiger partial charge >= 0.3 is 0 Å². The molecule has 0 heterocycles. The average Bonchev–Trinajstić information content (AvgIpc) is 2.51. The Bertz CT molecular complexity index is 1000. The zero-order chi connectivity index (χ0) is 20.6. The van der Waals surface area contributed by atoms with Crippen LogP contribution in [0.25, 0.3) is 0 Å². The van der Waals surface area contributed by atoms with Crippen molar-refractivity contribution < 1.29 is 46.4 Å². The molecule has 0 amide bonds. The van der Waals surface area contributed by atoms with Crippen LogP contribution in [0, 0.1) is 0 Å². The lowest BCUT2D eigenvalue weighted by atomic mass is 10.2. The van der Waals surface area contributed by atoms with E-state index in [9.17, 15) is 37.3 Å². The Labute approximate surface area is 158 Å². The van der Waals surface area contributed by atoms with Crippen LogP contribution >= 0.6 is 11.8 Å². The topological polar surface area (TPSA) is 190 Å². The summed E-state index contributed by atoms with van der Waals surface area (Å²) in [6.07, 6.45) is 0. The van der Waals surface area contributed by atoms with Gasteiger partial charge in [-0.1, -0.05) is 0 Å². The molecule has 0 fully saturated rings. The highest BCUT2D eigenvalue weighted by molar-refractivity contribution is 7.97. The summed E-state index contributed by atoms with van der Waals surface area (Å²) in [6.45, 7) is 0. The molecule has 2 aromatic carbocycles. The van der Waals surface area contributed by atoms with Crippen LogP contribution in [-0.4, -0.2) is 46.4 Å². The third kappa shape index (κ3) is 4.95. The predicted octanol–water partition coefficient (Wildman–Crippen LogP) is 1.44. The number of rotatable bonds is 6. The van der Waals surface area contributed by atoms with Crippen LogP contribution < -0.4 is 0 Å². The molecule has 0 unspecified atom stereocenters. The van der Waals surface area contributed by atoms with Gasteiger partial charge in [-0.2, -0.15) is 28.6 Å². The van der Waals surface area contributed by atoms with Crippen molar-refractivity contribution in [3.05, 3.63) is 35.4 Å². The molecule has 0 aliphatic heterocycles. The summed E-state index contributed by atoms with van der Waals surface area (Å²) < 4.78 is 62.1. The molecule has 0 bridgehead atoms. The van der Waals surface area contributed by atoms with E-state index in [0.717, 1.165) is 23.9 Å². The minimum atomic E-state index is -4.71. The van der Waals surface area contributed by atoms with Crippen LogP contribution in [0.3, 0.4) is 0 Å². The van der Waals surface area contributed by atoms with Crippen molar-refractivity contribution in [1.29, 1.82) is 0 Å². The lowest BCUT2D eigenvalue weighted by Crippen LogP contribution is -2.00. The summed E-state index contributed by atoms with van der Waals surface area (Å²) in [5, 5.41) is 38.9. The number of thioether (sulfide) groups is 1. The highest BCUT2D eigenvalue weighted by Gasteiger charge is 2.20. The molecule has 0 radical (unpaired) electrons. The lowest BCUT2D eigenvalue weighted by molar-refractivity contribution is 0.430. The monoisotopic (exact) mass is 438 g/mol. The van der Waals surface area contributed by atoms with Crippen molar-refractivity contribution in [3.8, 4) is 23.0 Å². The zero-order valence-corrected chi connectivity index (χ0v) is 15.7. The van der Waals surface area contributed by atoms with Gasteiger partial charge in [0.1, 0.15) is 32.8 Å². The standard InChI is InChI=1S/C14H14O10S3/c15-9-3-13(26(19,20)21)11(17)1-7(9)5-25-6-8-2-12(18)14(4-10(8)16)27(22,23)24/h1-4,15-18H,5-6H2,(H,19,20,21)(H,22,23,24). The van der Waals surface area contributed by atoms with Gasteiger partial charge < -0.3 is 20.4 Å². The molecule has 0 saturated heterocycles. The van der Waals surface area contributed by atoms with Crippen molar-refractivity contribution in [2.45, 2.75) is 21.3 Å². The summed E-state index contributed by atoms with van der Waals surface area (Å²) in [6, 6.07) is 3.27. The smallest absolute Gasteiger partial charge is 0.298 e. The molecule has 0 spiro atoms. The summed E-state index contributed by atoms with van der Waals surface area (Å²) in [4.78, 5) is -1.70. The quantitative estimate of drug-likeness (QED) is 0.282. The second-order valence-electron chi connectivity index (χ2n) is 5.34. The molecule has 0 atom stereocenters. The first kappa shape index (κ1) is 21.1. The Hall–Kier alpha value is -2.19. The molecule has 0 aromatic heterocycles. The lowest BCUT2D eigenvalue weighted by Gasteiger charge is -2.10. The number of hydrogen-bond acceptors (Lipinski definition) is 9. The summed E-state index contributed by atoms with van der Waals surface area (Å²) >= 11 is 1.07. The molecule has 6 N–H and O–H groups in total. The Morgan fingerprint density at radius 3 is 1.26 bits per heavy atom. The zero-order valence-electron chi connectivity index (χ0n) is 13.3. The van der Waals surface area contributed by atoms with E-state index in [4.69, 9.17) is 9.11 Å². The first-order valence-electron chi connectivity index (χ1n) is 6.93. The normalized spacial score (nSPS) is 12.2. The fourth-order valence-corrected chi connectivity index (χ4v) is 4.29. The third-order valence-electron chi connectivity index (χ3n) is 3.39. The number of hydrogen-bond donors (Lipinski definition) is 6. The molecule has 0 aliphatic rings. The van der Waals surface area contributed by atoms with Gasteiger partial charge in [0.15, 0.2) is 0 Å². The van der Waals surface area contributed by atoms with Gasteiger partial charge in [-0.05, 0) is 12.1 Å². The van der Waals surface area contributed by atoms with Crippen LogP contribution in [0.1, 0.15) is 11.1 Å². The molecule has 148 valence electrons. The molecular weight excluding hydrogens is 424 g/mol. The molecule has 2 aromatic rings. The van der Waals surface area contributed by atoms with E-state index in [2.05, 4.69) is 0 Å². The van der Waals surface area contributed by atoms with Gasteiger partial charge in [0.2, 0.25) is 0 Å². The molecule has 27 heavy (non-hydrogen) atoms. The van der Waals surface area contributed by atoms with Crippen molar-refractivity contribution in [2.75, 3.05) is 0 Å². The van der Waals surface area contributed by atoms with Crippen molar-refractivity contribution in [1.82, 2.24) is 0 Å². The maximum Gasteiger partial charge on any atom is 0.298 e. The molecule has 2 rings (SSSR count). The summed E-state index contributed by atoms with van der Waals surface area (Å²) in [5.41, 5.74) is 0.256. The molecule has 0 aliphatic carbocycles. The Morgan fingerprint density at radius 1 is 0.630 bits per heavy atom. The average molecular weight is 438 g/mol. The first-order valence-corrected chi connectivity index (χ1v) is 11.0. The van der Waals surface area contributed by atoms with Gasteiger partial charge in [-0.15, -0.1) is 0 Å². The van der Waals surface area contributed by atoms with E-state index in [-0.39, 0.29) is 22.6 Å². The fraction of sp³-hybridized carbons (Fsp3) is 0.143. The molecular formula is C14H14O10S3. The van der Waals surface area contributed by atoms with Crippen LogP contribution in [0.4, 0.5) is 0 Å². The highest BCUT2D eigenvalue weighted by atomic mass is 32.2. The van der Waals surface area contributed by atoms with Gasteiger partial charge in [-0.3, -0.25) is 9.11 Å². The molecule has 13 heteroatoms. The number of benzene rings is 2. The first-order chi connectivity index (χ1) is 12.3. The maximum absolute atomic E-state index is 11.1. The Morgan fingerprint density at radius 2 is 0.963 bits per heavy atom. The summed E-state index contributed by atoms with van der Waals surface area (Å²) in [7, 11) is -9.42. The molecule has 10 nitrogen and oxygen atoms in total. The second-order valence-corrected chi connectivity index (χ2v) is 9.11. The minimum Gasteiger partial charge on any atom is -0.508 e. The maximum atomic E-state index is 11.1. The Balaban J connectivity index is 2.18. The van der Waals surface area contributed by atoms with E-state index in [1.807, 2.05) is 0 Å². The van der Waals surface area contributed by atoms with Gasteiger partial charge in [0.05, 0.1) is 0 Å². The third-order valence-corrected chi connectivity index (χ3v) is 6.19. The van der Waals surface area contributed by atoms with Crippen molar-refractivity contribution in [3.63, 3.8) is 0 Å². The largest absolute Gasteiger partial charge is 0.508 e. The van der Waals surface area contributed by atoms with Gasteiger partial charge in [0.25, 0.3) is 20.2 Å².